The fourth-order valence-corrected chi connectivity index (χ4v) is 2.75. The lowest BCUT2D eigenvalue weighted by Gasteiger charge is -2.27. The van der Waals surface area contributed by atoms with Gasteiger partial charge < -0.3 is 5.73 Å². The lowest BCUT2D eigenvalue weighted by molar-refractivity contribution is 0.236. The molecule has 2 nitrogen and oxygen atoms in total. The van der Waals surface area contributed by atoms with Crippen molar-refractivity contribution in [2.75, 3.05) is 13.1 Å². The highest BCUT2D eigenvalue weighted by atomic mass is 79.9. The Morgan fingerprint density at radius 3 is 2.62 bits per heavy atom. The molecule has 16 heavy (non-hydrogen) atoms. The Morgan fingerprint density at radius 1 is 1.44 bits per heavy atom. The van der Waals surface area contributed by atoms with Gasteiger partial charge in [0.2, 0.25) is 0 Å². The molecule has 2 unspecified atom stereocenters. The van der Waals surface area contributed by atoms with Crippen LogP contribution in [-0.4, -0.2) is 24.0 Å². The Labute approximate surface area is 106 Å². The van der Waals surface area contributed by atoms with Gasteiger partial charge in [-0.1, -0.05) is 35.0 Å². The fourth-order valence-electron chi connectivity index (χ4n) is 2.49. The van der Waals surface area contributed by atoms with E-state index >= 15 is 0 Å². The van der Waals surface area contributed by atoms with Gasteiger partial charge in [0.25, 0.3) is 0 Å². The molecule has 3 heteroatoms. The summed E-state index contributed by atoms with van der Waals surface area (Å²) in [5.74, 6) is 0. The number of benzene rings is 1. The molecule has 2 atom stereocenters. The average Bonchev–Trinajstić information content (AvgIpc) is 2.69. The zero-order chi connectivity index (χ0) is 11.5. The third-order valence-corrected chi connectivity index (χ3v) is 3.87. The Balaban J connectivity index is 2.13. The van der Waals surface area contributed by atoms with Crippen LogP contribution in [0.1, 0.15) is 31.4 Å². The Kier molecular flexibility index (Phi) is 4.00. The van der Waals surface area contributed by atoms with Gasteiger partial charge >= 0.3 is 0 Å². The number of nitrogens with zero attached hydrogens (tertiary/aromatic N) is 1. The highest BCUT2D eigenvalue weighted by Gasteiger charge is 2.25. The molecule has 1 heterocycles. The lowest BCUT2D eigenvalue weighted by atomic mass is 10.0. The Morgan fingerprint density at radius 2 is 2.12 bits per heavy atom. The number of nitrogens with two attached hydrogens (primary N) is 1. The second kappa shape index (κ2) is 5.30. The van der Waals surface area contributed by atoms with E-state index in [9.17, 15) is 0 Å². The van der Waals surface area contributed by atoms with Gasteiger partial charge in [0.15, 0.2) is 0 Å². The summed E-state index contributed by atoms with van der Waals surface area (Å²) in [6.07, 6.45) is 2.28. The van der Waals surface area contributed by atoms with E-state index in [0.717, 1.165) is 30.4 Å². The van der Waals surface area contributed by atoms with Crippen LogP contribution < -0.4 is 5.73 Å². The molecule has 0 bridgehead atoms. The van der Waals surface area contributed by atoms with Crippen molar-refractivity contribution in [1.82, 2.24) is 4.90 Å². The molecule has 0 amide bonds. The van der Waals surface area contributed by atoms with E-state index in [4.69, 9.17) is 5.73 Å². The first-order valence-electron chi connectivity index (χ1n) is 5.95. The molecule has 2 N–H and O–H groups in total. The molecular formula is C13H19BrN2. The summed E-state index contributed by atoms with van der Waals surface area (Å²) in [6, 6.07) is 9.55. The minimum absolute atomic E-state index is 0.365. The van der Waals surface area contributed by atoms with Gasteiger partial charge in [-0.2, -0.15) is 0 Å². The number of hydrogen-bond acceptors (Lipinski definition) is 2. The van der Waals surface area contributed by atoms with Crippen molar-refractivity contribution >= 4 is 15.9 Å². The minimum atomic E-state index is 0.365. The zero-order valence-electron chi connectivity index (χ0n) is 9.70. The molecule has 1 fully saturated rings. The fraction of sp³-hybridized carbons (Fsp3) is 0.538. The molecule has 0 radical (unpaired) electrons. The van der Waals surface area contributed by atoms with Crippen molar-refractivity contribution in [1.29, 1.82) is 0 Å². The molecule has 0 saturated carbocycles. The Bertz CT molecular complexity index is 336. The molecule has 88 valence electrons. The third kappa shape index (κ3) is 2.65. The van der Waals surface area contributed by atoms with Crippen molar-refractivity contribution in [2.24, 2.45) is 5.73 Å². The molecule has 1 aromatic carbocycles. The largest absolute Gasteiger partial charge is 0.326 e. The van der Waals surface area contributed by atoms with Crippen molar-refractivity contribution < 1.29 is 0 Å². The summed E-state index contributed by atoms with van der Waals surface area (Å²) < 4.78 is 1.14. The van der Waals surface area contributed by atoms with Crippen LogP contribution >= 0.6 is 15.9 Å². The smallest absolute Gasteiger partial charge is 0.0346 e. The van der Waals surface area contributed by atoms with Crippen LogP contribution in [0, 0.1) is 0 Å². The second-order valence-electron chi connectivity index (χ2n) is 4.52. The number of halogens is 1. The second-order valence-corrected chi connectivity index (χ2v) is 5.43. The number of rotatable bonds is 3. The monoisotopic (exact) mass is 282 g/mol. The maximum absolute atomic E-state index is 5.97. The van der Waals surface area contributed by atoms with Crippen molar-refractivity contribution in [3.63, 3.8) is 0 Å². The normalized spacial score (nSPS) is 23.6. The van der Waals surface area contributed by atoms with Crippen LogP contribution in [0.3, 0.4) is 0 Å². The van der Waals surface area contributed by atoms with E-state index in [1.807, 2.05) is 0 Å². The van der Waals surface area contributed by atoms with Crippen LogP contribution in [0.25, 0.3) is 0 Å². The van der Waals surface area contributed by atoms with E-state index < -0.39 is 0 Å². The summed E-state index contributed by atoms with van der Waals surface area (Å²) in [5.41, 5.74) is 7.37. The Hall–Kier alpha value is -0.380. The topological polar surface area (TPSA) is 29.3 Å². The summed E-state index contributed by atoms with van der Waals surface area (Å²) in [6.45, 7) is 4.42. The van der Waals surface area contributed by atoms with Crippen LogP contribution in [0.4, 0.5) is 0 Å². The van der Waals surface area contributed by atoms with Crippen LogP contribution in [0.2, 0.25) is 0 Å². The summed E-state index contributed by atoms with van der Waals surface area (Å²) >= 11 is 3.48. The van der Waals surface area contributed by atoms with Gasteiger partial charge in [0.05, 0.1) is 0 Å². The first-order valence-corrected chi connectivity index (χ1v) is 6.75. The SMILES string of the molecule is CCC(c1ccc(Br)cc1)N1CCC(N)C1. The highest BCUT2D eigenvalue weighted by Crippen LogP contribution is 2.28. The van der Waals surface area contributed by atoms with E-state index in [1.54, 1.807) is 0 Å². The molecule has 1 aromatic rings. The van der Waals surface area contributed by atoms with E-state index in [2.05, 4.69) is 52.0 Å². The molecule has 0 aliphatic carbocycles. The molecule has 0 aromatic heterocycles. The maximum atomic E-state index is 5.97. The summed E-state index contributed by atoms with van der Waals surface area (Å²) in [4.78, 5) is 2.51. The lowest BCUT2D eigenvalue weighted by Crippen LogP contribution is -2.29. The molecular weight excluding hydrogens is 264 g/mol. The van der Waals surface area contributed by atoms with Gasteiger partial charge in [0.1, 0.15) is 0 Å². The molecule has 0 spiro atoms. The van der Waals surface area contributed by atoms with Crippen LogP contribution in [0.5, 0.6) is 0 Å². The van der Waals surface area contributed by atoms with E-state index in [1.165, 1.54) is 5.56 Å². The number of hydrogen-bond donors (Lipinski definition) is 1. The van der Waals surface area contributed by atoms with Gasteiger partial charge in [-0.25, -0.2) is 0 Å². The van der Waals surface area contributed by atoms with Crippen molar-refractivity contribution in [3.05, 3.63) is 34.3 Å². The van der Waals surface area contributed by atoms with E-state index in [0.29, 0.717) is 12.1 Å². The molecule has 1 saturated heterocycles. The van der Waals surface area contributed by atoms with Crippen molar-refractivity contribution in [2.45, 2.75) is 31.8 Å². The van der Waals surface area contributed by atoms with Gasteiger partial charge in [-0.3, -0.25) is 4.90 Å². The predicted octanol–water partition coefficient (Wildman–Crippen LogP) is 2.93. The number of likely N-dealkylation sites (tertiary alicyclic amines) is 1. The van der Waals surface area contributed by atoms with Crippen LogP contribution in [-0.2, 0) is 0 Å². The standard InChI is InChI=1S/C13H19BrN2/c1-2-13(16-8-7-12(15)9-16)10-3-5-11(14)6-4-10/h3-6,12-13H,2,7-9,15H2,1H3. The van der Waals surface area contributed by atoms with Crippen LogP contribution in [0.15, 0.2) is 28.7 Å². The molecule has 2 rings (SSSR count). The minimum Gasteiger partial charge on any atom is -0.326 e. The average molecular weight is 283 g/mol. The first kappa shape index (κ1) is 12.1. The van der Waals surface area contributed by atoms with Gasteiger partial charge in [-0.05, 0) is 30.5 Å². The first-order chi connectivity index (χ1) is 7.70. The molecule has 1 aliphatic heterocycles. The van der Waals surface area contributed by atoms with Gasteiger partial charge in [-0.15, -0.1) is 0 Å². The van der Waals surface area contributed by atoms with Crippen molar-refractivity contribution in [3.8, 4) is 0 Å². The predicted molar refractivity (Wildman–Crippen MR) is 71.3 cm³/mol. The quantitative estimate of drug-likeness (QED) is 0.924. The summed E-state index contributed by atoms with van der Waals surface area (Å²) in [5, 5.41) is 0. The zero-order valence-corrected chi connectivity index (χ0v) is 11.3. The molecule has 1 aliphatic rings. The maximum Gasteiger partial charge on any atom is 0.0346 e. The highest BCUT2D eigenvalue weighted by molar-refractivity contribution is 9.10. The summed E-state index contributed by atoms with van der Waals surface area (Å²) in [7, 11) is 0. The van der Waals surface area contributed by atoms with E-state index in [-0.39, 0.29) is 0 Å². The third-order valence-electron chi connectivity index (χ3n) is 3.34. The van der Waals surface area contributed by atoms with Gasteiger partial charge in [0, 0.05) is 29.6 Å².